The molecule has 15 rings (SSSR count). The van der Waals surface area contributed by atoms with Crippen molar-refractivity contribution in [2.45, 2.75) is 78.3 Å². The molecule has 3 aromatic carbocycles. The summed E-state index contributed by atoms with van der Waals surface area (Å²) in [5.41, 5.74) is 9.84. The molecule has 0 radical (unpaired) electrons. The Balaban J connectivity index is 0.000000133. The van der Waals surface area contributed by atoms with Gasteiger partial charge < -0.3 is 24.8 Å². The molecule has 520 valence electrons. The quantitative estimate of drug-likeness (QED) is 0.0555. The van der Waals surface area contributed by atoms with Crippen LogP contribution in [0.15, 0.2) is 170 Å². The standard InChI is InChI=1S/C25H21Cl2N5OS.C22H17Cl2N5OS.C15H10BrCl2N3S.C8H7N2O.3CH3.Sn/c1-2-10-32-11-9-29-24(32)23-22(18-5-4-17(26)13-19(18)27)31-25(34-23)15-7-8-28-20(12-15)16-3-6-21(33)30-14-16;23-14-2-3-15(16(24)10-14)19-20(21-26-7-8-27-21)31-22(29-19)12-5-6-25-17(9-12)13-1-4-18(30)28-11-13;1-2-6-21-7-5-19-14(21)13-12(20-15(16)22-13)10-4-3-9(17)8-11(10)18;11-7-4-3-6-2-1-5-9-8(6)10-7;;;;/h2,4-5,7-9,11-13,16H,1,3,6,10,14H2,(H,30,33);2-3,5-10,13H,1,4,11H2,(H,26,27)(H,28,30);2-5,7-8H,1,6H2;1,5H,3-4H2,(H,9,10,11);3*1H3;. The molecule has 3 aliphatic heterocycles. The fraction of sp³-hybridized carbons (Fsp3) is 0.205. The summed E-state index contributed by atoms with van der Waals surface area (Å²) in [6, 6.07) is 26.4. The number of anilines is 1. The monoisotopic (exact) mass is 1700 g/mol. The van der Waals surface area contributed by atoms with E-state index in [1.165, 1.54) is 31.8 Å². The van der Waals surface area contributed by atoms with Crippen molar-refractivity contribution in [3.8, 4) is 87.0 Å². The van der Waals surface area contributed by atoms with E-state index in [2.05, 4.69) is 118 Å². The Morgan fingerprint density at radius 3 is 1.48 bits per heavy atom. The summed E-state index contributed by atoms with van der Waals surface area (Å²) in [5.74, 6) is 3.84. The zero-order chi connectivity index (χ0) is 71.8. The van der Waals surface area contributed by atoms with Gasteiger partial charge in [0.2, 0.25) is 11.8 Å². The van der Waals surface area contributed by atoms with Crippen molar-refractivity contribution in [3.63, 3.8) is 0 Å². The number of amides is 3. The van der Waals surface area contributed by atoms with E-state index in [0.717, 1.165) is 127 Å². The molecule has 0 bridgehead atoms. The first-order valence-electron chi connectivity index (χ1n) is 32.2. The average molecular weight is 1710 g/mol. The van der Waals surface area contributed by atoms with Crippen LogP contribution in [0.1, 0.15) is 60.9 Å². The van der Waals surface area contributed by atoms with Gasteiger partial charge in [-0.3, -0.25) is 19.6 Å². The first-order chi connectivity index (χ1) is 49.2. The zero-order valence-electron chi connectivity index (χ0n) is 55.1. The topological polar surface area (TPSA) is 229 Å². The van der Waals surface area contributed by atoms with E-state index >= 15 is 0 Å². The molecule has 2 saturated heterocycles. The van der Waals surface area contributed by atoms with E-state index in [4.69, 9.17) is 79.6 Å². The first kappa shape index (κ1) is 74.3. The Hall–Kier alpha value is -7.46. The number of thiazole rings is 3. The van der Waals surface area contributed by atoms with Gasteiger partial charge in [0.25, 0.3) is 0 Å². The normalized spacial score (nSPS) is 14.9. The van der Waals surface area contributed by atoms with Crippen LogP contribution in [0.25, 0.3) is 87.0 Å². The zero-order valence-corrected chi connectivity index (χ0v) is 66.5. The number of aromatic nitrogens is 12. The number of nitrogens with zero attached hydrogens (tertiary/aromatic N) is 11. The van der Waals surface area contributed by atoms with Gasteiger partial charge in [0.05, 0.1) is 46.8 Å². The Labute approximate surface area is 643 Å². The number of allylic oxidation sites excluding steroid dienone is 2. The first-order valence-corrected chi connectivity index (χ1v) is 47.7. The third-order valence-electron chi connectivity index (χ3n) is 16.8. The molecule has 29 heteroatoms. The third kappa shape index (κ3) is 17.7. The predicted octanol–water partition coefficient (Wildman–Crippen LogP) is 19.2. The number of hydrogen-bond donors (Lipinski definition) is 4. The van der Waals surface area contributed by atoms with Crippen LogP contribution in [0.5, 0.6) is 0 Å². The second kappa shape index (κ2) is 33.5. The number of fused-ring (bicyclic) bond motifs is 1. The van der Waals surface area contributed by atoms with Crippen LogP contribution < -0.4 is 19.5 Å². The van der Waals surface area contributed by atoms with E-state index in [1.54, 1.807) is 78.8 Å². The van der Waals surface area contributed by atoms with Crippen LogP contribution >= 0.6 is 120 Å². The van der Waals surface area contributed by atoms with Crippen molar-refractivity contribution in [2.75, 3.05) is 18.4 Å². The van der Waals surface area contributed by atoms with Gasteiger partial charge in [0.1, 0.15) is 15.8 Å². The fourth-order valence-electron chi connectivity index (χ4n) is 11.8. The SMILES string of the molecule is C=CCn1ccnc1-c1sc(-c2ccnc(C3CCC(=O)NC3)c2)nc1-c1ccc(Cl)cc1Cl.C=CCn1ccnc1-c1sc(Br)nc1-c1ccc(Cl)cc1Cl.O=C1CCC(c2cc(-c3nc(-c4ccc(Cl)cc4Cl)c(-c4ncc[nH]4)s3)ccn2)CN1.[CH3][Sn]([CH3])([CH3])[c]1ccnc2c1CCC(=O)N2. The van der Waals surface area contributed by atoms with E-state index in [1.807, 2.05) is 76.3 Å². The second-order valence-electron chi connectivity index (χ2n) is 24.7. The molecule has 12 heterocycles. The fourth-order valence-corrected chi connectivity index (χ4v) is 21.8. The number of halogens is 7. The molecule has 18 nitrogen and oxygen atoms in total. The maximum atomic E-state index is 11.6. The number of rotatable bonds is 15. The van der Waals surface area contributed by atoms with Crippen LogP contribution in [0.4, 0.5) is 5.82 Å². The van der Waals surface area contributed by atoms with Crippen LogP contribution in [0.2, 0.25) is 45.0 Å². The number of piperidine rings is 2. The molecular weight excluding hydrogens is 1640 g/mol. The molecule has 2 fully saturated rings. The van der Waals surface area contributed by atoms with Crippen LogP contribution in [0.3, 0.4) is 0 Å². The van der Waals surface area contributed by atoms with Crippen LogP contribution in [-0.4, -0.2) is 108 Å². The molecule has 12 aromatic rings. The van der Waals surface area contributed by atoms with E-state index < -0.39 is 18.4 Å². The Bertz CT molecular complexity index is 5070. The van der Waals surface area contributed by atoms with Crippen LogP contribution in [-0.2, 0) is 33.9 Å². The Kier molecular flexibility index (Phi) is 24.4. The van der Waals surface area contributed by atoms with Gasteiger partial charge in [-0.2, -0.15) is 0 Å². The molecule has 102 heavy (non-hydrogen) atoms. The molecule has 0 spiro atoms. The molecule has 3 aliphatic rings. The Morgan fingerprint density at radius 1 is 0.539 bits per heavy atom. The van der Waals surface area contributed by atoms with Gasteiger partial charge in [0.15, 0.2) is 15.6 Å². The van der Waals surface area contributed by atoms with Crippen molar-refractivity contribution in [1.29, 1.82) is 0 Å². The predicted molar refractivity (Wildman–Crippen MR) is 421 cm³/mol. The number of nitrogens with one attached hydrogen (secondary N) is 4. The minimum absolute atomic E-state index is 0.0938. The minimum atomic E-state index is -2.06. The Morgan fingerprint density at radius 2 is 1.02 bits per heavy atom. The molecule has 3 amide bonds. The molecule has 2 unspecified atom stereocenters. The number of hydrogen-bond acceptors (Lipinski definition) is 15. The molecule has 4 N–H and O–H groups in total. The van der Waals surface area contributed by atoms with Crippen molar-refractivity contribution in [2.24, 2.45) is 0 Å². The van der Waals surface area contributed by atoms with Gasteiger partial charge in [-0.15, -0.1) is 47.2 Å². The second-order valence-corrected chi connectivity index (χ2v) is 45.9. The molecular formula is C73H64BrCl6N15O3S3Sn. The number of carbonyl (C=O) groups is 3. The number of pyridine rings is 3. The third-order valence-corrected chi connectivity index (χ3v) is 28.1. The van der Waals surface area contributed by atoms with Gasteiger partial charge in [-0.05, 0) is 108 Å². The maximum absolute atomic E-state index is 11.6. The molecule has 9 aromatic heterocycles. The number of carbonyl (C=O) groups excluding carboxylic acids is 3. The van der Waals surface area contributed by atoms with E-state index in [0.29, 0.717) is 75.6 Å². The molecule has 0 saturated carbocycles. The number of benzene rings is 3. The van der Waals surface area contributed by atoms with Gasteiger partial charge >= 0.3 is 94.3 Å². The molecule has 2 atom stereocenters. The van der Waals surface area contributed by atoms with Crippen LogP contribution in [0, 0.1) is 0 Å². The van der Waals surface area contributed by atoms with Crippen molar-refractivity contribution in [3.05, 3.63) is 217 Å². The molecule has 0 aliphatic carbocycles. The number of aromatic amines is 1. The van der Waals surface area contributed by atoms with E-state index in [-0.39, 0.29) is 29.6 Å². The summed E-state index contributed by atoms with van der Waals surface area (Å²) in [4.78, 5) is 88.7. The van der Waals surface area contributed by atoms with Gasteiger partial charge in [-0.1, -0.05) is 81.8 Å². The summed E-state index contributed by atoms with van der Waals surface area (Å²) in [6.45, 7) is 10.1. The summed E-state index contributed by atoms with van der Waals surface area (Å²) in [6.07, 6.45) is 24.0. The van der Waals surface area contributed by atoms with Crippen molar-refractivity contribution >= 4 is 165 Å². The average Bonchev–Trinajstić information content (AvgIpc) is 1.57. The van der Waals surface area contributed by atoms with E-state index in [9.17, 15) is 14.4 Å². The summed E-state index contributed by atoms with van der Waals surface area (Å²) in [5, 5.41) is 13.8. The van der Waals surface area contributed by atoms with Gasteiger partial charge in [-0.25, -0.2) is 29.9 Å². The van der Waals surface area contributed by atoms with Crippen molar-refractivity contribution < 1.29 is 14.4 Å². The summed E-state index contributed by atoms with van der Waals surface area (Å²) < 4.78 is 6.31. The number of imidazole rings is 3. The summed E-state index contributed by atoms with van der Waals surface area (Å²) in [7, 11) is 0. The number of H-pyrrole nitrogens is 1. The summed E-state index contributed by atoms with van der Waals surface area (Å²) >= 11 is 43.6. The van der Waals surface area contributed by atoms with Crippen molar-refractivity contribution in [1.82, 2.24) is 69.6 Å². The van der Waals surface area contributed by atoms with Gasteiger partial charge in [0, 0.05) is 155 Å².